The van der Waals surface area contributed by atoms with Crippen LogP contribution in [-0.4, -0.2) is 31.4 Å². The molecule has 2 heterocycles. The summed E-state index contributed by atoms with van der Waals surface area (Å²) >= 11 is 4.67. The van der Waals surface area contributed by atoms with Crippen molar-refractivity contribution < 1.29 is 23.4 Å². The molecule has 0 spiro atoms. The first-order valence-electron chi connectivity index (χ1n) is 12.3. The Morgan fingerprint density at radius 2 is 1.77 bits per heavy atom. The smallest absolute Gasteiger partial charge is 0.338 e. The molecule has 0 aliphatic carbocycles. The zero-order valence-electron chi connectivity index (χ0n) is 21.8. The minimum absolute atomic E-state index is 0.136. The van der Waals surface area contributed by atoms with Gasteiger partial charge in [-0.15, -0.1) is 0 Å². The molecule has 0 bridgehead atoms. The second-order valence-corrected chi connectivity index (χ2v) is 10.6. The topological polar surface area (TPSA) is 79.1 Å². The minimum atomic E-state index is -0.891. The van der Waals surface area contributed by atoms with Crippen LogP contribution in [0.5, 0.6) is 11.5 Å². The third kappa shape index (κ3) is 5.12. The average molecular weight is 624 g/mol. The first-order chi connectivity index (χ1) is 19.4. The van der Waals surface area contributed by atoms with E-state index in [2.05, 4.69) is 15.9 Å². The van der Waals surface area contributed by atoms with E-state index in [1.54, 1.807) is 44.4 Å². The van der Waals surface area contributed by atoms with Crippen molar-refractivity contribution in [1.82, 2.24) is 4.57 Å². The molecule has 0 amide bonds. The maximum atomic E-state index is 14.0. The SMILES string of the molecule is CCOC(=O)C1=C(c2ccccc2)N=c2s/c(=C\c3cc(Br)c(OC)cc3OC)c(=O)n2[C@H]1c1ccc(F)cc1. The number of rotatable bonds is 7. The van der Waals surface area contributed by atoms with Crippen LogP contribution < -0.4 is 24.4 Å². The lowest BCUT2D eigenvalue weighted by Gasteiger charge is -2.25. The fourth-order valence-electron chi connectivity index (χ4n) is 4.54. The van der Waals surface area contributed by atoms with Crippen LogP contribution in [-0.2, 0) is 9.53 Å². The molecule has 10 heteroatoms. The third-order valence-corrected chi connectivity index (χ3v) is 7.95. The third-order valence-electron chi connectivity index (χ3n) is 6.35. The van der Waals surface area contributed by atoms with E-state index in [0.29, 0.717) is 47.7 Å². The molecule has 0 unspecified atom stereocenters. The summed E-state index contributed by atoms with van der Waals surface area (Å²) in [6.07, 6.45) is 1.71. The molecule has 5 rings (SSSR count). The molecule has 40 heavy (non-hydrogen) atoms. The van der Waals surface area contributed by atoms with Crippen LogP contribution in [0.2, 0.25) is 0 Å². The van der Waals surface area contributed by atoms with Gasteiger partial charge in [0.25, 0.3) is 5.56 Å². The minimum Gasteiger partial charge on any atom is -0.496 e. The Kier molecular flexibility index (Phi) is 7.99. The van der Waals surface area contributed by atoms with Gasteiger partial charge in [0.05, 0.1) is 47.1 Å². The zero-order chi connectivity index (χ0) is 28.4. The number of thiazole rings is 1. The van der Waals surface area contributed by atoms with Crippen molar-refractivity contribution >= 4 is 45.0 Å². The first-order valence-corrected chi connectivity index (χ1v) is 13.9. The van der Waals surface area contributed by atoms with Gasteiger partial charge in [-0.1, -0.05) is 53.8 Å². The van der Waals surface area contributed by atoms with Crippen molar-refractivity contribution in [3.63, 3.8) is 0 Å². The normalized spacial score (nSPS) is 14.9. The molecular formula is C30H24BrFN2O5S. The summed E-state index contributed by atoms with van der Waals surface area (Å²) in [7, 11) is 3.09. The van der Waals surface area contributed by atoms with E-state index >= 15 is 0 Å². The lowest BCUT2D eigenvalue weighted by Crippen LogP contribution is -2.40. The molecule has 0 saturated carbocycles. The van der Waals surface area contributed by atoms with Crippen molar-refractivity contribution in [3.05, 3.63) is 119 Å². The second kappa shape index (κ2) is 11.6. The van der Waals surface area contributed by atoms with Crippen molar-refractivity contribution in [2.75, 3.05) is 20.8 Å². The van der Waals surface area contributed by atoms with Crippen LogP contribution in [0, 0.1) is 5.82 Å². The van der Waals surface area contributed by atoms with Crippen molar-refractivity contribution in [2.24, 2.45) is 4.99 Å². The van der Waals surface area contributed by atoms with Gasteiger partial charge in [-0.25, -0.2) is 14.2 Å². The first kappa shape index (κ1) is 27.5. The lowest BCUT2D eigenvalue weighted by molar-refractivity contribution is -0.138. The second-order valence-electron chi connectivity index (χ2n) is 8.71. The molecule has 0 fully saturated rings. The molecule has 0 N–H and O–H groups in total. The van der Waals surface area contributed by atoms with Gasteiger partial charge in [0.2, 0.25) is 0 Å². The van der Waals surface area contributed by atoms with E-state index in [1.807, 2.05) is 30.3 Å². The fraction of sp³-hybridized carbons (Fsp3) is 0.167. The number of hydrogen-bond acceptors (Lipinski definition) is 7. The van der Waals surface area contributed by atoms with E-state index in [1.165, 1.54) is 35.1 Å². The number of aromatic nitrogens is 1. The van der Waals surface area contributed by atoms with Gasteiger partial charge in [-0.2, -0.15) is 0 Å². The highest BCUT2D eigenvalue weighted by Gasteiger charge is 2.35. The number of esters is 1. The molecule has 7 nitrogen and oxygen atoms in total. The number of benzene rings is 3. The van der Waals surface area contributed by atoms with Crippen LogP contribution in [0.3, 0.4) is 0 Å². The molecular weight excluding hydrogens is 599 g/mol. The predicted octanol–water partition coefficient (Wildman–Crippen LogP) is 4.85. The van der Waals surface area contributed by atoms with Crippen LogP contribution in [0.15, 0.2) is 86.6 Å². The number of fused-ring (bicyclic) bond motifs is 1. The number of nitrogens with zero attached hydrogens (tertiary/aromatic N) is 2. The largest absolute Gasteiger partial charge is 0.496 e. The van der Waals surface area contributed by atoms with Gasteiger partial charge in [-0.3, -0.25) is 9.36 Å². The molecule has 0 saturated heterocycles. The van der Waals surface area contributed by atoms with E-state index < -0.39 is 17.8 Å². The summed E-state index contributed by atoms with van der Waals surface area (Å²) in [6, 6.07) is 17.6. The van der Waals surface area contributed by atoms with Gasteiger partial charge in [0.1, 0.15) is 17.3 Å². The molecule has 4 aromatic rings. The molecule has 3 aromatic carbocycles. The fourth-order valence-corrected chi connectivity index (χ4v) is 6.05. The molecule has 1 aromatic heterocycles. The number of carbonyl (C=O) groups excluding carboxylic acids is 1. The van der Waals surface area contributed by atoms with Crippen LogP contribution in [0.1, 0.15) is 29.7 Å². The molecule has 1 aliphatic heterocycles. The van der Waals surface area contributed by atoms with Gasteiger partial charge < -0.3 is 14.2 Å². The summed E-state index contributed by atoms with van der Waals surface area (Å²) in [5.41, 5.74) is 2.11. The Morgan fingerprint density at radius 3 is 2.42 bits per heavy atom. The van der Waals surface area contributed by atoms with E-state index in [0.717, 1.165) is 0 Å². The lowest BCUT2D eigenvalue weighted by atomic mass is 9.93. The molecule has 204 valence electrons. The molecule has 1 aliphatic rings. The van der Waals surface area contributed by atoms with Crippen molar-refractivity contribution in [1.29, 1.82) is 0 Å². The van der Waals surface area contributed by atoms with E-state index in [-0.39, 0.29) is 17.7 Å². The quantitative estimate of drug-likeness (QED) is 0.275. The van der Waals surface area contributed by atoms with Crippen molar-refractivity contribution in [2.45, 2.75) is 13.0 Å². The standard InChI is InChI=1S/C30H24BrFN2O5S/c1-4-39-29(36)25-26(17-8-6-5-7-9-17)33-30-34(27(25)18-10-12-20(32)13-11-18)28(35)24(40-30)15-19-14-21(31)23(38-3)16-22(19)37-2/h5-16,27H,4H2,1-3H3/b24-15-/t27-/m0/s1. The summed E-state index contributed by atoms with van der Waals surface area (Å²) in [6.45, 7) is 1.85. The number of ether oxygens (including phenoxy) is 3. The monoisotopic (exact) mass is 622 g/mol. The zero-order valence-corrected chi connectivity index (χ0v) is 24.2. The Morgan fingerprint density at radius 1 is 1.07 bits per heavy atom. The number of hydrogen-bond donors (Lipinski definition) is 0. The van der Waals surface area contributed by atoms with Gasteiger partial charge in [0, 0.05) is 17.2 Å². The van der Waals surface area contributed by atoms with Gasteiger partial charge in [0.15, 0.2) is 4.80 Å². The predicted molar refractivity (Wildman–Crippen MR) is 155 cm³/mol. The highest BCUT2D eigenvalue weighted by Crippen LogP contribution is 2.36. The van der Waals surface area contributed by atoms with Crippen LogP contribution in [0.25, 0.3) is 11.8 Å². The Bertz CT molecular complexity index is 1800. The maximum absolute atomic E-state index is 14.0. The number of methoxy groups -OCH3 is 2. The van der Waals surface area contributed by atoms with Crippen LogP contribution in [0.4, 0.5) is 4.39 Å². The Balaban J connectivity index is 1.82. The number of carbonyl (C=O) groups is 1. The molecule has 0 radical (unpaired) electrons. The van der Waals surface area contributed by atoms with Gasteiger partial charge >= 0.3 is 5.97 Å². The maximum Gasteiger partial charge on any atom is 0.338 e. The number of halogens is 2. The summed E-state index contributed by atoms with van der Waals surface area (Å²) < 4.78 is 32.8. The summed E-state index contributed by atoms with van der Waals surface area (Å²) in [5, 5.41) is 0. The van der Waals surface area contributed by atoms with Crippen LogP contribution >= 0.6 is 27.3 Å². The highest BCUT2D eigenvalue weighted by molar-refractivity contribution is 9.10. The average Bonchev–Trinajstić information content (AvgIpc) is 3.27. The summed E-state index contributed by atoms with van der Waals surface area (Å²) in [4.78, 5) is 32.7. The molecule has 1 atom stereocenters. The van der Waals surface area contributed by atoms with Crippen molar-refractivity contribution in [3.8, 4) is 11.5 Å². The van der Waals surface area contributed by atoms with Gasteiger partial charge in [-0.05, 0) is 52.7 Å². The summed E-state index contributed by atoms with van der Waals surface area (Å²) in [5.74, 6) is 0.0595. The Labute approximate surface area is 241 Å². The van der Waals surface area contributed by atoms with E-state index in [4.69, 9.17) is 19.2 Å². The Hall–Kier alpha value is -4.02. The highest BCUT2D eigenvalue weighted by atomic mass is 79.9. The van der Waals surface area contributed by atoms with E-state index in [9.17, 15) is 14.0 Å².